The summed E-state index contributed by atoms with van der Waals surface area (Å²) < 4.78 is 13.6. The van der Waals surface area contributed by atoms with Crippen LogP contribution in [0.2, 0.25) is 0 Å². The fraction of sp³-hybridized carbons (Fsp3) is 0.562. The van der Waals surface area contributed by atoms with Gasteiger partial charge in [-0.3, -0.25) is 9.69 Å². The normalized spacial score (nSPS) is 23.0. The van der Waals surface area contributed by atoms with Crippen molar-refractivity contribution < 1.29 is 9.18 Å². The second-order valence-electron chi connectivity index (χ2n) is 5.83. The van der Waals surface area contributed by atoms with Gasteiger partial charge < -0.3 is 10.2 Å². The molecule has 2 fully saturated rings. The average molecular weight is 323 g/mol. The second-order valence-corrected chi connectivity index (χ2v) is 6.68. The molecule has 2 heterocycles. The molecule has 1 amide bonds. The van der Waals surface area contributed by atoms with Crippen molar-refractivity contribution in [2.24, 2.45) is 0 Å². The number of carbonyl (C=O) groups is 1. The Labute approximate surface area is 135 Å². The van der Waals surface area contributed by atoms with Crippen LogP contribution in [0.5, 0.6) is 0 Å². The summed E-state index contributed by atoms with van der Waals surface area (Å²) in [6, 6.07) is 5.12. The number of likely N-dealkylation sites (tertiary alicyclic amines) is 1. The Morgan fingerprint density at radius 2 is 2.09 bits per heavy atom. The van der Waals surface area contributed by atoms with E-state index >= 15 is 0 Å². The SMILES string of the molecule is CSc1cc(C(=O)N2CCC(N3CCNCC3)C2)ccc1F. The van der Waals surface area contributed by atoms with E-state index in [-0.39, 0.29) is 11.7 Å². The molecule has 0 aliphatic carbocycles. The summed E-state index contributed by atoms with van der Waals surface area (Å²) in [6.07, 6.45) is 2.85. The number of thioether (sulfide) groups is 1. The lowest BCUT2D eigenvalue weighted by Crippen LogP contribution is -2.49. The van der Waals surface area contributed by atoms with Gasteiger partial charge in [0.05, 0.1) is 0 Å². The molecule has 6 heteroatoms. The van der Waals surface area contributed by atoms with Crippen molar-refractivity contribution in [1.29, 1.82) is 0 Å². The molecule has 2 saturated heterocycles. The van der Waals surface area contributed by atoms with Crippen molar-refractivity contribution in [1.82, 2.24) is 15.1 Å². The number of amides is 1. The first-order chi connectivity index (χ1) is 10.7. The maximum atomic E-state index is 13.6. The number of carbonyl (C=O) groups excluding carboxylic acids is 1. The highest BCUT2D eigenvalue weighted by atomic mass is 32.2. The molecule has 0 radical (unpaired) electrons. The first-order valence-corrected chi connectivity index (χ1v) is 8.99. The Morgan fingerprint density at radius 3 is 2.82 bits per heavy atom. The van der Waals surface area contributed by atoms with E-state index < -0.39 is 0 Å². The Bertz CT molecular complexity index is 548. The number of hydrogen-bond donors (Lipinski definition) is 1. The van der Waals surface area contributed by atoms with Crippen molar-refractivity contribution in [3.05, 3.63) is 29.6 Å². The molecule has 0 aromatic heterocycles. The van der Waals surface area contributed by atoms with Gasteiger partial charge in [0.2, 0.25) is 0 Å². The average Bonchev–Trinajstić information content (AvgIpc) is 3.05. The van der Waals surface area contributed by atoms with Crippen LogP contribution in [-0.2, 0) is 0 Å². The smallest absolute Gasteiger partial charge is 0.253 e. The fourth-order valence-electron chi connectivity index (χ4n) is 3.25. The molecule has 2 aliphatic rings. The van der Waals surface area contributed by atoms with Gasteiger partial charge in [0, 0.05) is 55.8 Å². The second kappa shape index (κ2) is 6.98. The molecule has 1 aromatic rings. The minimum Gasteiger partial charge on any atom is -0.337 e. The van der Waals surface area contributed by atoms with Crippen molar-refractivity contribution >= 4 is 17.7 Å². The summed E-state index contributed by atoms with van der Waals surface area (Å²) in [4.78, 5) is 17.5. The van der Waals surface area contributed by atoms with E-state index in [4.69, 9.17) is 0 Å². The largest absolute Gasteiger partial charge is 0.337 e. The third kappa shape index (κ3) is 3.29. The van der Waals surface area contributed by atoms with Crippen LogP contribution in [0.25, 0.3) is 0 Å². The van der Waals surface area contributed by atoms with Crippen LogP contribution in [0.1, 0.15) is 16.8 Å². The number of halogens is 1. The summed E-state index contributed by atoms with van der Waals surface area (Å²) in [5.41, 5.74) is 0.590. The van der Waals surface area contributed by atoms with Gasteiger partial charge in [0.1, 0.15) is 5.82 Å². The van der Waals surface area contributed by atoms with Gasteiger partial charge in [-0.15, -0.1) is 11.8 Å². The number of piperazine rings is 1. The predicted molar refractivity (Wildman–Crippen MR) is 86.9 cm³/mol. The maximum Gasteiger partial charge on any atom is 0.253 e. The minimum absolute atomic E-state index is 0.0212. The molecule has 1 unspecified atom stereocenters. The first-order valence-electron chi connectivity index (χ1n) is 7.76. The molecule has 120 valence electrons. The summed E-state index contributed by atoms with van der Waals surface area (Å²) in [6.45, 7) is 5.74. The van der Waals surface area contributed by atoms with Gasteiger partial charge in [-0.05, 0) is 30.9 Å². The quantitative estimate of drug-likeness (QED) is 0.859. The van der Waals surface area contributed by atoms with Gasteiger partial charge in [-0.1, -0.05) is 0 Å². The third-order valence-electron chi connectivity index (χ3n) is 4.52. The van der Waals surface area contributed by atoms with Gasteiger partial charge in [0.25, 0.3) is 5.91 Å². The lowest BCUT2D eigenvalue weighted by Gasteiger charge is -2.32. The summed E-state index contributed by atoms with van der Waals surface area (Å²) >= 11 is 1.33. The Balaban J connectivity index is 1.66. The number of nitrogens with one attached hydrogen (secondary N) is 1. The highest BCUT2D eigenvalue weighted by Gasteiger charge is 2.31. The van der Waals surface area contributed by atoms with Crippen LogP contribution < -0.4 is 5.32 Å². The van der Waals surface area contributed by atoms with Crippen molar-refractivity contribution in [3.63, 3.8) is 0 Å². The van der Waals surface area contributed by atoms with Crippen LogP contribution in [0.3, 0.4) is 0 Å². The van der Waals surface area contributed by atoms with E-state index in [1.54, 1.807) is 12.1 Å². The van der Waals surface area contributed by atoms with Crippen LogP contribution >= 0.6 is 11.8 Å². The Hall–Kier alpha value is -1.11. The molecular weight excluding hydrogens is 301 g/mol. The summed E-state index contributed by atoms with van der Waals surface area (Å²) in [5, 5.41) is 3.36. The number of nitrogens with zero attached hydrogens (tertiary/aromatic N) is 2. The van der Waals surface area contributed by atoms with E-state index in [9.17, 15) is 9.18 Å². The number of rotatable bonds is 3. The van der Waals surface area contributed by atoms with Crippen LogP contribution in [0.15, 0.2) is 23.1 Å². The number of hydrogen-bond acceptors (Lipinski definition) is 4. The Morgan fingerprint density at radius 1 is 1.32 bits per heavy atom. The molecule has 1 N–H and O–H groups in total. The third-order valence-corrected chi connectivity index (χ3v) is 5.27. The lowest BCUT2D eigenvalue weighted by atomic mass is 10.2. The topological polar surface area (TPSA) is 35.6 Å². The standard InChI is InChI=1S/C16H22FN3OS/c1-22-15-10-12(2-3-14(15)17)16(21)20-7-4-13(11-20)19-8-5-18-6-9-19/h2-3,10,13,18H,4-9,11H2,1H3. The minimum atomic E-state index is -0.260. The van der Waals surface area contributed by atoms with E-state index in [2.05, 4.69) is 10.2 Å². The van der Waals surface area contributed by atoms with Crippen molar-refractivity contribution in [3.8, 4) is 0 Å². The van der Waals surface area contributed by atoms with Gasteiger partial charge in [-0.2, -0.15) is 0 Å². The molecule has 0 spiro atoms. The monoisotopic (exact) mass is 323 g/mol. The van der Waals surface area contributed by atoms with E-state index in [0.717, 1.165) is 45.7 Å². The van der Waals surface area contributed by atoms with E-state index in [1.807, 2.05) is 11.2 Å². The molecular formula is C16H22FN3OS. The Kier molecular flexibility index (Phi) is 5.00. The van der Waals surface area contributed by atoms with Crippen molar-refractivity contribution in [2.75, 3.05) is 45.5 Å². The molecule has 22 heavy (non-hydrogen) atoms. The summed E-state index contributed by atoms with van der Waals surface area (Å²) in [7, 11) is 0. The summed E-state index contributed by atoms with van der Waals surface area (Å²) in [5.74, 6) is -0.239. The highest BCUT2D eigenvalue weighted by Crippen LogP contribution is 2.23. The zero-order chi connectivity index (χ0) is 15.5. The van der Waals surface area contributed by atoms with Gasteiger partial charge in [0.15, 0.2) is 0 Å². The molecule has 1 atom stereocenters. The first kappa shape index (κ1) is 15.8. The zero-order valence-electron chi connectivity index (χ0n) is 12.8. The van der Waals surface area contributed by atoms with Crippen LogP contribution in [-0.4, -0.2) is 67.3 Å². The highest BCUT2D eigenvalue weighted by molar-refractivity contribution is 7.98. The van der Waals surface area contributed by atoms with E-state index in [0.29, 0.717) is 16.5 Å². The molecule has 0 bridgehead atoms. The predicted octanol–water partition coefficient (Wildman–Crippen LogP) is 1.67. The molecule has 4 nitrogen and oxygen atoms in total. The molecule has 1 aromatic carbocycles. The lowest BCUT2D eigenvalue weighted by molar-refractivity contribution is 0.0773. The van der Waals surface area contributed by atoms with E-state index in [1.165, 1.54) is 17.8 Å². The number of benzene rings is 1. The van der Waals surface area contributed by atoms with Crippen LogP contribution in [0.4, 0.5) is 4.39 Å². The maximum absolute atomic E-state index is 13.6. The van der Waals surface area contributed by atoms with Gasteiger partial charge >= 0.3 is 0 Å². The molecule has 2 aliphatic heterocycles. The van der Waals surface area contributed by atoms with Gasteiger partial charge in [-0.25, -0.2) is 4.39 Å². The zero-order valence-corrected chi connectivity index (χ0v) is 13.7. The fourth-order valence-corrected chi connectivity index (χ4v) is 3.75. The van der Waals surface area contributed by atoms with Crippen LogP contribution in [0, 0.1) is 5.82 Å². The van der Waals surface area contributed by atoms with Crippen molar-refractivity contribution in [2.45, 2.75) is 17.4 Å². The molecule has 3 rings (SSSR count). The molecule has 0 saturated carbocycles.